The van der Waals surface area contributed by atoms with E-state index in [0.29, 0.717) is 0 Å². The van der Waals surface area contributed by atoms with E-state index in [4.69, 9.17) is 4.74 Å². The van der Waals surface area contributed by atoms with Gasteiger partial charge in [0.15, 0.2) is 6.29 Å². The molecule has 0 saturated heterocycles. The smallest absolute Gasteiger partial charge is 0.162 e. The Balaban J connectivity index is 3.52. The van der Waals surface area contributed by atoms with Crippen LogP contribution in [-0.4, -0.2) is 25.3 Å². The number of methoxy groups -OCH3 is 1. The van der Waals surface area contributed by atoms with Crippen LogP contribution in [0.15, 0.2) is 0 Å². The number of hydrogen-bond donors (Lipinski definition) is 1. The summed E-state index contributed by atoms with van der Waals surface area (Å²) in [5.74, 6) is 0. The van der Waals surface area contributed by atoms with Gasteiger partial charge in [0, 0.05) is 12.5 Å². The van der Waals surface area contributed by atoms with Crippen molar-refractivity contribution in [2.75, 3.05) is 13.9 Å². The largest absolute Gasteiger partial charge is 0.367 e. The van der Waals surface area contributed by atoms with Gasteiger partial charge in [-0.05, 0) is 0 Å². The minimum Gasteiger partial charge on any atom is -0.367 e. The minimum absolute atomic E-state index is 0.137. The van der Waals surface area contributed by atoms with Crippen molar-refractivity contribution in [3.05, 3.63) is 0 Å². The molecule has 0 aromatic heterocycles. The maximum Gasteiger partial charge on any atom is 0.162 e. The van der Waals surface area contributed by atoms with Crippen molar-refractivity contribution in [3.63, 3.8) is 0 Å². The fourth-order valence-corrected chi connectivity index (χ4v) is 0.382. The highest BCUT2D eigenvalue weighted by Gasteiger charge is 2.22. The molecule has 3 heteroatoms. The molecule has 0 radical (unpaired) electrons. The van der Waals surface area contributed by atoms with Crippen LogP contribution in [0.1, 0.15) is 20.8 Å². The van der Waals surface area contributed by atoms with Gasteiger partial charge in [-0.3, -0.25) is 0 Å². The number of ether oxygens (including phenoxy) is 2. The van der Waals surface area contributed by atoms with Gasteiger partial charge >= 0.3 is 0 Å². The molecule has 0 aliphatic carbocycles. The Morgan fingerprint density at radius 3 is 2.20 bits per heavy atom. The molecular weight excluding hydrogens is 132 g/mol. The SMILES string of the molecule is COCOC(O)C(C)(C)C. The standard InChI is InChI=1S/C7H16O3/c1-7(2,3)6(8)10-5-9-4/h6,8H,5H2,1-4H3. The molecule has 0 aromatic rings. The predicted octanol–water partition coefficient (Wildman–Crippen LogP) is 0.971. The van der Waals surface area contributed by atoms with Gasteiger partial charge in [0.2, 0.25) is 0 Å². The fraction of sp³-hybridized carbons (Fsp3) is 1.00. The lowest BCUT2D eigenvalue weighted by Gasteiger charge is -2.24. The van der Waals surface area contributed by atoms with E-state index < -0.39 is 6.29 Å². The van der Waals surface area contributed by atoms with E-state index in [1.54, 1.807) is 0 Å². The Morgan fingerprint density at radius 2 is 1.90 bits per heavy atom. The first-order chi connectivity index (χ1) is 4.48. The third-order valence-electron chi connectivity index (χ3n) is 1.08. The monoisotopic (exact) mass is 148 g/mol. The van der Waals surface area contributed by atoms with E-state index in [1.807, 2.05) is 20.8 Å². The van der Waals surface area contributed by atoms with Crippen LogP contribution >= 0.6 is 0 Å². The molecule has 3 nitrogen and oxygen atoms in total. The topological polar surface area (TPSA) is 38.7 Å². The summed E-state index contributed by atoms with van der Waals surface area (Å²) in [7, 11) is 1.52. The molecule has 10 heavy (non-hydrogen) atoms. The lowest BCUT2D eigenvalue weighted by atomic mass is 9.96. The summed E-state index contributed by atoms with van der Waals surface area (Å²) in [6, 6.07) is 0. The Morgan fingerprint density at radius 1 is 1.40 bits per heavy atom. The summed E-state index contributed by atoms with van der Waals surface area (Å²) in [4.78, 5) is 0. The summed E-state index contributed by atoms with van der Waals surface area (Å²) < 4.78 is 9.51. The van der Waals surface area contributed by atoms with E-state index in [9.17, 15) is 5.11 Å². The third kappa shape index (κ3) is 3.82. The molecule has 1 N–H and O–H groups in total. The van der Waals surface area contributed by atoms with E-state index >= 15 is 0 Å². The first-order valence-electron chi connectivity index (χ1n) is 3.27. The Labute approximate surface area is 62.0 Å². The zero-order valence-electron chi connectivity index (χ0n) is 7.05. The lowest BCUT2D eigenvalue weighted by Crippen LogP contribution is -2.29. The molecule has 0 rings (SSSR count). The van der Waals surface area contributed by atoms with E-state index in [2.05, 4.69) is 4.74 Å². The Kier molecular flexibility index (Phi) is 3.86. The molecule has 0 aliphatic heterocycles. The van der Waals surface area contributed by atoms with Crippen molar-refractivity contribution in [2.45, 2.75) is 27.1 Å². The van der Waals surface area contributed by atoms with Gasteiger partial charge in [0.25, 0.3) is 0 Å². The lowest BCUT2D eigenvalue weighted by molar-refractivity contribution is -0.203. The Hall–Kier alpha value is -0.120. The van der Waals surface area contributed by atoms with Crippen molar-refractivity contribution in [1.82, 2.24) is 0 Å². The first kappa shape index (κ1) is 9.88. The number of aliphatic hydroxyl groups excluding tert-OH is 1. The van der Waals surface area contributed by atoms with Crippen molar-refractivity contribution in [1.29, 1.82) is 0 Å². The fourth-order valence-electron chi connectivity index (χ4n) is 0.382. The average molecular weight is 148 g/mol. The van der Waals surface area contributed by atoms with Crippen LogP contribution in [0.5, 0.6) is 0 Å². The average Bonchev–Trinajstić information content (AvgIpc) is 1.80. The molecule has 0 fully saturated rings. The van der Waals surface area contributed by atoms with Crippen molar-refractivity contribution in [2.24, 2.45) is 5.41 Å². The molecule has 0 aromatic carbocycles. The number of rotatable bonds is 3. The summed E-state index contributed by atoms with van der Waals surface area (Å²) >= 11 is 0. The summed E-state index contributed by atoms with van der Waals surface area (Å²) in [5.41, 5.74) is -0.238. The molecule has 0 amide bonds. The van der Waals surface area contributed by atoms with Gasteiger partial charge in [-0.15, -0.1) is 0 Å². The number of aliphatic hydroxyl groups is 1. The van der Waals surface area contributed by atoms with Crippen molar-refractivity contribution < 1.29 is 14.6 Å². The third-order valence-corrected chi connectivity index (χ3v) is 1.08. The molecule has 0 heterocycles. The van der Waals surface area contributed by atoms with Crippen LogP contribution in [0.25, 0.3) is 0 Å². The second-order valence-electron chi connectivity index (χ2n) is 3.29. The first-order valence-corrected chi connectivity index (χ1v) is 3.27. The van der Waals surface area contributed by atoms with Crippen LogP contribution in [0.4, 0.5) is 0 Å². The maximum absolute atomic E-state index is 9.21. The van der Waals surface area contributed by atoms with E-state index in [-0.39, 0.29) is 12.2 Å². The highest BCUT2D eigenvalue weighted by atomic mass is 16.7. The van der Waals surface area contributed by atoms with Crippen LogP contribution in [0.2, 0.25) is 0 Å². The van der Waals surface area contributed by atoms with E-state index in [0.717, 1.165) is 0 Å². The second kappa shape index (κ2) is 3.91. The maximum atomic E-state index is 9.21. The minimum atomic E-state index is -0.757. The normalized spacial score (nSPS) is 15.3. The van der Waals surface area contributed by atoms with Crippen LogP contribution in [0, 0.1) is 5.41 Å². The highest BCUT2D eigenvalue weighted by molar-refractivity contribution is 4.63. The van der Waals surface area contributed by atoms with Gasteiger partial charge in [-0.1, -0.05) is 20.8 Å². The molecule has 0 spiro atoms. The van der Waals surface area contributed by atoms with Gasteiger partial charge in [-0.2, -0.15) is 0 Å². The molecule has 0 aliphatic rings. The second-order valence-corrected chi connectivity index (χ2v) is 3.29. The molecular formula is C7H16O3. The predicted molar refractivity (Wildman–Crippen MR) is 38.4 cm³/mol. The summed E-state index contributed by atoms with van der Waals surface area (Å²) in [6.07, 6.45) is -0.757. The number of hydrogen-bond acceptors (Lipinski definition) is 3. The highest BCUT2D eigenvalue weighted by Crippen LogP contribution is 2.19. The van der Waals surface area contributed by atoms with Gasteiger partial charge in [0.1, 0.15) is 6.79 Å². The van der Waals surface area contributed by atoms with Crippen molar-refractivity contribution in [3.8, 4) is 0 Å². The zero-order chi connectivity index (χ0) is 8.20. The van der Waals surface area contributed by atoms with Gasteiger partial charge in [0.05, 0.1) is 0 Å². The van der Waals surface area contributed by atoms with Crippen LogP contribution < -0.4 is 0 Å². The van der Waals surface area contributed by atoms with E-state index in [1.165, 1.54) is 7.11 Å². The molecule has 1 atom stereocenters. The Bertz CT molecular complexity index is 85.3. The van der Waals surface area contributed by atoms with Crippen LogP contribution in [-0.2, 0) is 9.47 Å². The zero-order valence-corrected chi connectivity index (χ0v) is 7.05. The van der Waals surface area contributed by atoms with Gasteiger partial charge < -0.3 is 14.6 Å². The summed E-state index contributed by atoms with van der Waals surface area (Å²) in [6.45, 7) is 5.83. The van der Waals surface area contributed by atoms with Crippen molar-refractivity contribution >= 4 is 0 Å². The summed E-state index contributed by atoms with van der Waals surface area (Å²) in [5, 5.41) is 9.21. The molecule has 0 bridgehead atoms. The van der Waals surface area contributed by atoms with Gasteiger partial charge in [-0.25, -0.2) is 0 Å². The van der Waals surface area contributed by atoms with Crippen LogP contribution in [0.3, 0.4) is 0 Å². The molecule has 0 saturated carbocycles. The molecule has 1 unspecified atom stereocenters. The molecule has 62 valence electrons. The quantitative estimate of drug-likeness (QED) is 0.606.